The molecule has 0 aliphatic rings. The Morgan fingerprint density at radius 3 is 2.50 bits per heavy atom. The molecule has 1 atom stereocenters. The summed E-state index contributed by atoms with van der Waals surface area (Å²) in [6.07, 6.45) is 0. The number of nitrogens with one attached hydrogen (secondary N) is 1. The lowest BCUT2D eigenvalue weighted by Gasteiger charge is -2.19. The van der Waals surface area contributed by atoms with Gasteiger partial charge in [0.15, 0.2) is 0 Å². The number of ether oxygens (including phenoxy) is 1. The van der Waals surface area contributed by atoms with Crippen LogP contribution in [0.4, 0.5) is 0 Å². The molecule has 0 radical (unpaired) electrons. The molecule has 0 fully saturated rings. The number of hydrogen-bond acceptors (Lipinski definition) is 4. The van der Waals surface area contributed by atoms with Crippen molar-refractivity contribution in [2.75, 3.05) is 20.3 Å². The number of aromatic nitrogens is 3. The third-order valence-corrected chi connectivity index (χ3v) is 2.37. The first-order valence-corrected chi connectivity index (χ1v) is 5.66. The van der Waals surface area contributed by atoms with E-state index in [4.69, 9.17) is 4.74 Å². The Balaban J connectivity index is 2.72. The van der Waals surface area contributed by atoms with Crippen molar-refractivity contribution in [3.8, 4) is 0 Å². The molecule has 0 saturated carbocycles. The summed E-state index contributed by atoms with van der Waals surface area (Å²) in [6.45, 7) is 9.62. The predicted molar refractivity (Wildman–Crippen MR) is 63.5 cm³/mol. The molecule has 0 aliphatic heterocycles. The van der Waals surface area contributed by atoms with Crippen LogP contribution in [0.25, 0.3) is 0 Å². The molecule has 5 heteroatoms. The highest BCUT2D eigenvalue weighted by molar-refractivity contribution is 4.91. The summed E-state index contributed by atoms with van der Waals surface area (Å²) in [5.41, 5.74) is 0. The fourth-order valence-corrected chi connectivity index (χ4v) is 1.66. The highest BCUT2D eigenvalue weighted by atomic mass is 16.5. The van der Waals surface area contributed by atoms with E-state index in [1.165, 1.54) is 0 Å². The maximum absolute atomic E-state index is 5.23. The minimum Gasteiger partial charge on any atom is -0.382 e. The zero-order chi connectivity index (χ0) is 12.1. The Morgan fingerprint density at radius 2 is 2.06 bits per heavy atom. The van der Waals surface area contributed by atoms with Crippen molar-refractivity contribution in [2.45, 2.75) is 39.8 Å². The van der Waals surface area contributed by atoms with Gasteiger partial charge < -0.3 is 10.1 Å². The zero-order valence-corrected chi connectivity index (χ0v) is 10.8. The summed E-state index contributed by atoms with van der Waals surface area (Å²) in [5.74, 6) is 1.74. The molecule has 5 nitrogen and oxygen atoms in total. The number of hydrogen-bond donors (Lipinski definition) is 1. The van der Waals surface area contributed by atoms with Gasteiger partial charge in [-0.3, -0.25) is 0 Å². The molecule has 0 aromatic carbocycles. The lowest BCUT2D eigenvalue weighted by Crippen LogP contribution is -2.33. The molecule has 0 amide bonds. The zero-order valence-electron chi connectivity index (χ0n) is 10.8. The van der Waals surface area contributed by atoms with Crippen LogP contribution in [0, 0.1) is 13.8 Å². The maximum atomic E-state index is 5.23. The van der Waals surface area contributed by atoms with E-state index in [-0.39, 0.29) is 6.04 Å². The molecule has 0 bridgehead atoms. The van der Waals surface area contributed by atoms with Gasteiger partial charge in [0.05, 0.1) is 12.6 Å². The van der Waals surface area contributed by atoms with E-state index in [9.17, 15) is 0 Å². The second-order valence-electron chi connectivity index (χ2n) is 4.32. The van der Waals surface area contributed by atoms with Crippen LogP contribution in [0.1, 0.15) is 31.5 Å². The first-order chi connectivity index (χ1) is 7.54. The van der Waals surface area contributed by atoms with Gasteiger partial charge in [-0.1, -0.05) is 13.8 Å². The van der Waals surface area contributed by atoms with Crippen LogP contribution in [-0.4, -0.2) is 41.1 Å². The second kappa shape index (κ2) is 5.96. The van der Waals surface area contributed by atoms with Gasteiger partial charge in [0, 0.05) is 19.7 Å². The van der Waals surface area contributed by atoms with Gasteiger partial charge in [-0.25, -0.2) is 9.67 Å². The van der Waals surface area contributed by atoms with Crippen molar-refractivity contribution in [3.05, 3.63) is 11.6 Å². The SMILES string of the molecule is COCC(CNC(C)C)n1nc(C)nc1C. The largest absolute Gasteiger partial charge is 0.382 e. The molecule has 0 spiro atoms. The van der Waals surface area contributed by atoms with E-state index in [1.54, 1.807) is 7.11 Å². The third-order valence-electron chi connectivity index (χ3n) is 2.37. The van der Waals surface area contributed by atoms with Crippen LogP contribution in [-0.2, 0) is 4.74 Å². The fourth-order valence-electron chi connectivity index (χ4n) is 1.66. The lowest BCUT2D eigenvalue weighted by molar-refractivity contribution is 0.145. The molecule has 0 saturated heterocycles. The Kier molecular flexibility index (Phi) is 4.89. The fraction of sp³-hybridized carbons (Fsp3) is 0.818. The quantitative estimate of drug-likeness (QED) is 0.788. The van der Waals surface area contributed by atoms with Crippen LogP contribution in [0.3, 0.4) is 0 Å². The Hall–Kier alpha value is -0.940. The van der Waals surface area contributed by atoms with Crippen LogP contribution >= 0.6 is 0 Å². The molecule has 1 aromatic heterocycles. The summed E-state index contributed by atoms with van der Waals surface area (Å²) >= 11 is 0. The molecule has 1 unspecified atom stereocenters. The Bertz CT molecular complexity index is 322. The van der Waals surface area contributed by atoms with Crippen molar-refractivity contribution in [1.29, 1.82) is 0 Å². The second-order valence-corrected chi connectivity index (χ2v) is 4.32. The highest BCUT2D eigenvalue weighted by Gasteiger charge is 2.15. The van der Waals surface area contributed by atoms with E-state index in [2.05, 4.69) is 29.2 Å². The van der Waals surface area contributed by atoms with E-state index in [0.717, 1.165) is 18.2 Å². The van der Waals surface area contributed by atoms with Gasteiger partial charge in [-0.2, -0.15) is 5.10 Å². The van der Waals surface area contributed by atoms with E-state index >= 15 is 0 Å². The van der Waals surface area contributed by atoms with Crippen LogP contribution in [0.15, 0.2) is 0 Å². The van der Waals surface area contributed by atoms with Crippen molar-refractivity contribution in [3.63, 3.8) is 0 Å². The molecular weight excluding hydrogens is 204 g/mol. The first kappa shape index (κ1) is 13.1. The van der Waals surface area contributed by atoms with Gasteiger partial charge in [-0.15, -0.1) is 0 Å². The molecule has 0 aliphatic carbocycles. The normalized spacial score (nSPS) is 13.4. The van der Waals surface area contributed by atoms with Crippen LogP contribution in [0.2, 0.25) is 0 Å². The topological polar surface area (TPSA) is 52.0 Å². The Labute approximate surface area is 97.2 Å². The van der Waals surface area contributed by atoms with Crippen LogP contribution in [0.5, 0.6) is 0 Å². The summed E-state index contributed by atoms with van der Waals surface area (Å²) < 4.78 is 7.17. The average Bonchev–Trinajstić information content (AvgIpc) is 2.52. The standard InChI is InChI=1S/C11H22N4O/c1-8(2)12-6-11(7-16-5)15-10(4)13-9(3)14-15/h8,11-12H,6-7H2,1-5H3. The molecule has 1 N–H and O–H groups in total. The monoisotopic (exact) mass is 226 g/mol. The summed E-state index contributed by atoms with van der Waals surface area (Å²) in [5, 5.41) is 7.79. The Morgan fingerprint density at radius 1 is 1.38 bits per heavy atom. The van der Waals surface area contributed by atoms with Gasteiger partial charge >= 0.3 is 0 Å². The summed E-state index contributed by atoms with van der Waals surface area (Å²) in [4.78, 5) is 4.31. The number of aryl methyl sites for hydroxylation is 2. The van der Waals surface area contributed by atoms with E-state index < -0.39 is 0 Å². The van der Waals surface area contributed by atoms with E-state index in [0.29, 0.717) is 12.6 Å². The van der Waals surface area contributed by atoms with Gasteiger partial charge in [0.1, 0.15) is 11.6 Å². The van der Waals surface area contributed by atoms with Gasteiger partial charge in [0.2, 0.25) is 0 Å². The van der Waals surface area contributed by atoms with E-state index in [1.807, 2.05) is 18.5 Å². The number of rotatable bonds is 6. The number of nitrogens with zero attached hydrogens (tertiary/aromatic N) is 3. The van der Waals surface area contributed by atoms with Crippen molar-refractivity contribution in [2.24, 2.45) is 0 Å². The van der Waals surface area contributed by atoms with Gasteiger partial charge in [-0.05, 0) is 13.8 Å². The van der Waals surface area contributed by atoms with Crippen molar-refractivity contribution >= 4 is 0 Å². The molecule has 1 aromatic rings. The highest BCUT2D eigenvalue weighted by Crippen LogP contribution is 2.08. The lowest BCUT2D eigenvalue weighted by atomic mass is 10.3. The first-order valence-electron chi connectivity index (χ1n) is 5.66. The van der Waals surface area contributed by atoms with Crippen molar-refractivity contribution in [1.82, 2.24) is 20.1 Å². The number of methoxy groups -OCH3 is 1. The maximum Gasteiger partial charge on any atom is 0.147 e. The summed E-state index contributed by atoms with van der Waals surface area (Å²) in [7, 11) is 1.71. The summed E-state index contributed by atoms with van der Waals surface area (Å²) in [6, 6.07) is 0.665. The average molecular weight is 226 g/mol. The molecule has 1 rings (SSSR count). The molecular formula is C11H22N4O. The van der Waals surface area contributed by atoms with Crippen LogP contribution < -0.4 is 5.32 Å². The molecule has 1 heterocycles. The molecule has 92 valence electrons. The third kappa shape index (κ3) is 3.57. The van der Waals surface area contributed by atoms with Gasteiger partial charge in [0.25, 0.3) is 0 Å². The minimum atomic E-state index is 0.202. The molecule has 16 heavy (non-hydrogen) atoms. The predicted octanol–water partition coefficient (Wildman–Crippen LogP) is 1.08. The minimum absolute atomic E-state index is 0.202. The smallest absolute Gasteiger partial charge is 0.147 e. The van der Waals surface area contributed by atoms with Crippen molar-refractivity contribution < 1.29 is 4.74 Å².